The van der Waals surface area contributed by atoms with Crippen molar-refractivity contribution >= 4 is 10.0 Å². The minimum Gasteiger partial charge on any atom is -0.496 e. The average Bonchev–Trinajstić information content (AvgIpc) is 2.55. The number of sulfonamides is 1. The van der Waals surface area contributed by atoms with Crippen LogP contribution in [0.3, 0.4) is 0 Å². The predicted molar refractivity (Wildman–Crippen MR) is 92.4 cm³/mol. The SMILES string of the molecule is COc1cc(C)c(S(=O)(=O)NCCCc2ccc(F)cc2)cc1C. The maximum atomic E-state index is 12.8. The number of hydrogen-bond acceptors (Lipinski definition) is 3. The molecule has 4 nitrogen and oxygen atoms in total. The smallest absolute Gasteiger partial charge is 0.240 e. The lowest BCUT2D eigenvalue weighted by Gasteiger charge is -2.13. The van der Waals surface area contributed by atoms with Gasteiger partial charge in [-0.1, -0.05) is 12.1 Å². The zero-order valence-electron chi connectivity index (χ0n) is 14.1. The van der Waals surface area contributed by atoms with E-state index in [0.29, 0.717) is 30.7 Å². The number of aryl methyl sites for hydroxylation is 3. The third-order valence-corrected chi connectivity index (χ3v) is 5.43. The Labute approximate surface area is 142 Å². The van der Waals surface area contributed by atoms with Gasteiger partial charge in [-0.15, -0.1) is 0 Å². The Morgan fingerprint density at radius 1 is 1.08 bits per heavy atom. The summed E-state index contributed by atoms with van der Waals surface area (Å²) in [7, 11) is -2.01. The molecule has 130 valence electrons. The van der Waals surface area contributed by atoms with Gasteiger partial charge in [0, 0.05) is 6.54 Å². The van der Waals surface area contributed by atoms with Gasteiger partial charge >= 0.3 is 0 Å². The van der Waals surface area contributed by atoms with Crippen LogP contribution < -0.4 is 9.46 Å². The lowest BCUT2D eigenvalue weighted by atomic mass is 10.1. The highest BCUT2D eigenvalue weighted by molar-refractivity contribution is 7.89. The first-order chi connectivity index (χ1) is 11.3. The van der Waals surface area contributed by atoms with E-state index >= 15 is 0 Å². The van der Waals surface area contributed by atoms with Gasteiger partial charge in [0.15, 0.2) is 0 Å². The molecule has 0 saturated heterocycles. The van der Waals surface area contributed by atoms with Crippen LogP contribution in [0.15, 0.2) is 41.3 Å². The van der Waals surface area contributed by atoms with Gasteiger partial charge in [-0.05, 0) is 67.6 Å². The van der Waals surface area contributed by atoms with Gasteiger partial charge < -0.3 is 4.74 Å². The van der Waals surface area contributed by atoms with E-state index in [1.807, 2.05) is 6.92 Å². The zero-order valence-corrected chi connectivity index (χ0v) is 14.9. The van der Waals surface area contributed by atoms with Gasteiger partial charge in [0.05, 0.1) is 12.0 Å². The first-order valence-corrected chi connectivity index (χ1v) is 9.21. The van der Waals surface area contributed by atoms with E-state index in [0.717, 1.165) is 11.1 Å². The summed E-state index contributed by atoms with van der Waals surface area (Å²) in [5, 5.41) is 0. The molecule has 0 aromatic heterocycles. The van der Waals surface area contributed by atoms with E-state index in [4.69, 9.17) is 4.74 Å². The number of benzene rings is 2. The molecule has 24 heavy (non-hydrogen) atoms. The molecule has 6 heteroatoms. The van der Waals surface area contributed by atoms with Gasteiger partial charge in [-0.25, -0.2) is 17.5 Å². The van der Waals surface area contributed by atoms with Crippen LogP contribution in [0.1, 0.15) is 23.1 Å². The number of methoxy groups -OCH3 is 1. The number of hydrogen-bond donors (Lipinski definition) is 1. The summed E-state index contributed by atoms with van der Waals surface area (Å²) in [6, 6.07) is 9.58. The second-order valence-corrected chi connectivity index (χ2v) is 7.45. The zero-order chi connectivity index (χ0) is 17.7. The fraction of sp³-hybridized carbons (Fsp3) is 0.333. The van der Waals surface area contributed by atoms with E-state index in [1.165, 1.54) is 12.1 Å². The molecule has 2 rings (SSSR count). The summed E-state index contributed by atoms with van der Waals surface area (Å²) in [6.45, 7) is 3.88. The Morgan fingerprint density at radius 3 is 2.38 bits per heavy atom. The van der Waals surface area contributed by atoms with Crippen LogP contribution in [-0.4, -0.2) is 22.1 Å². The number of halogens is 1. The molecule has 0 heterocycles. The minimum atomic E-state index is -3.57. The lowest BCUT2D eigenvalue weighted by Crippen LogP contribution is -2.26. The molecule has 0 saturated carbocycles. The topological polar surface area (TPSA) is 55.4 Å². The van der Waals surface area contributed by atoms with Crippen molar-refractivity contribution in [1.82, 2.24) is 4.72 Å². The van der Waals surface area contributed by atoms with Gasteiger partial charge in [0.1, 0.15) is 11.6 Å². The Hall–Kier alpha value is -1.92. The third kappa shape index (κ3) is 4.55. The molecule has 0 spiro atoms. The quantitative estimate of drug-likeness (QED) is 0.778. The Balaban J connectivity index is 1.98. The summed E-state index contributed by atoms with van der Waals surface area (Å²) in [5.74, 6) is 0.396. The lowest BCUT2D eigenvalue weighted by molar-refractivity contribution is 0.411. The van der Waals surface area contributed by atoms with Crippen molar-refractivity contribution in [3.05, 3.63) is 58.9 Å². The molecule has 0 atom stereocenters. The number of nitrogens with one attached hydrogen (secondary N) is 1. The van der Waals surface area contributed by atoms with Crippen LogP contribution in [-0.2, 0) is 16.4 Å². The molecule has 0 aliphatic rings. The average molecular weight is 351 g/mol. The second-order valence-electron chi connectivity index (χ2n) is 5.72. The summed E-state index contributed by atoms with van der Waals surface area (Å²) in [5.41, 5.74) is 2.39. The van der Waals surface area contributed by atoms with Crippen molar-refractivity contribution in [3.63, 3.8) is 0 Å². The van der Waals surface area contributed by atoms with Crippen LogP contribution in [0, 0.1) is 19.7 Å². The molecule has 0 radical (unpaired) electrons. The molecule has 0 unspecified atom stereocenters. The van der Waals surface area contributed by atoms with E-state index in [-0.39, 0.29) is 10.7 Å². The monoisotopic (exact) mass is 351 g/mol. The van der Waals surface area contributed by atoms with E-state index in [2.05, 4.69) is 4.72 Å². The van der Waals surface area contributed by atoms with Crippen molar-refractivity contribution in [2.24, 2.45) is 0 Å². The molecule has 1 N–H and O–H groups in total. The van der Waals surface area contributed by atoms with Crippen LogP contribution in [0.4, 0.5) is 4.39 Å². The molecular formula is C18H22FNO3S. The summed E-state index contributed by atoms with van der Waals surface area (Å²) in [6.07, 6.45) is 1.32. The Kier molecular flexibility index (Phi) is 5.96. The van der Waals surface area contributed by atoms with Crippen molar-refractivity contribution < 1.29 is 17.5 Å². The maximum Gasteiger partial charge on any atom is 0.240 e. The van der Waals surface area contributed by atoms with Crippen LogP contribution in [0.2, 0.25) is 0 Å². The molecule has 2 aromatic carbocycles. The molecule has 0 amide bonds. The minimum absolute atomic E-state index is 0.266. The highest BCUT2D eigenvalue weighted by atomic mass is 32.2. The van der Waals surface area contributed by atoms with Crippen molar-refractivity contribution in [2.75, 3.05) is 13.7 Å². The van der Waals surface area contributed by atoms with E-state index in [9.17, 15) is 12.8 Å². The van der Waals surface area contributed by atoms with Crippen LogP contribution >= 0.6 is 0 Å². The maximum absolute atomic E-state index is 12.8. The Morgan fingerprint density at radius 2 is 1.75 bits per heavy atom. The van der Waals surface area contributed by atoms with Crippen molar-refractivity contribution in [3.8, 4) is 5.75 Å². The summed E-state index contributed by atoms with van der Waals surface area (Å²) in [4.78, 5) is 0.266. The summed E-state index contributed by atoms with van der Waals surface area (Å²) < 4.78 is 45.6. The number of rotatable bonds is 7. The molecule has 2 aromatic rings. The first kappa shape index (κ1) is 18.4. The highest BCUT2D eigenvalue weighted by Gasteiger charge is 2.18. The molecule has 0 aliphatic heterocycles. The van der Waals surface area contributed by atoms with E-state index < -0.39 is 10.0 Å². The highest BCUT2D eigenvalue weighted by Crippen LogP contribution is 2.25. The Bertz CT molecular complexity index is 802. The second kappa shape index (κ2) is 7.77. The largest absolute Gasteiger partial charge is 0.496 e. The van der Waals surface area contributed by atoms with Crippen molar-refractivity contribution in [1.29, 1.82) is 0 Å². The number of ether oxygens (including phenoxy) is 1. The molecule has 0 aliphatic carbocycles. The fourth-order valence-corrected chi connectivity index (χ4v) is 3.88. The molecular weight excluding hydrogens is 329 g/mol. The fourth-order valence-electron chi connectivity index (χ4n) is 2.50. The van der Waals surface area contributed by atoms with E-state index in [1.54, 1.807) is 38.3 Å². The molecule has 0 bridgehead atoms. The van der Waals surface area contributed by atoms with Gasteiger partial charge in [0.25, 0.3) is 0 Å². The standard InChI is InChI=1S/C18H22FNO3S/c1-13-12-18(14(2)11-17(13)23-3)24(21,22)20-10-4-5-15-6-8-16(19)9-7-15/h6-9,11-12,20H,4-5,10H2,1-3H3. The van der Waals surface area contributed by atoms with Crippen LogP contribution in [0.5, 0.6) is 5.75 Å². The summed E-state index contributed by atoms with van der Waals surface area (Å²) >= 11 is 0. The van der Waals surface area contributed by atoms with Crippen LogP contribution in [0.25, 0.3) is 0 Å². The first-order valence-electron chi connectivity index (χ1n) is 7.73. The van der Waals surface area contributed by atoms with Gasteiger partial charge in [-0.2, -0.15) is 0 Å². The third-order valence-electron chi connectivity index (χ3n) is 3.83. The van der Waals surface area contributed by atoms with Gasteiger partial charge in [-0.3, -0.25) is 0 Å². The normalized spacial score (nSPS) is 11.5. The van der Waals surface area contributed by atoms with Crippen molar-refractivity contribution in [2.45, 2.75) is 31.6 Å². The van der Waals surface area contributed by atoms with Gasteiger partial charge in [0.2, 0.25) is 10.0 Å². The predicted octanol–water partition coefficient (Wildman–Crippen LogP) is 3.36. The molecule has 0 fully saturated rings.